The maximum atomic E-state index is 12.0. The molecule has 0 unspecified atom stereocenters. The van der Waals surface area contributed by atoms with Crippen molar-refractivity contribution in [1.29, 1.82) is 0 Å². The van der Waals surface area contributed by atoms with E-state index in [1.807, 2.05) is 13.0 Å². The third-order valence-electron chi connectivity index (χ3n) is 2.33. The zero-order valence-electron chi connectivity index (χ0n) is 10.3. The van der Waals surface area contributed by atoms with Gasteiger partial charge in [0.15, 0.2) is 5.82 Å². The molecule has 1 heterocycles. The molecule has 0 aliphatic heterocycles. The quantitative estimate of drug-likeness (QED) is 0.800. The maximum Gasteiger partial charge on any atom is 0.256 e. The lowest BCUT2D eigenvalue weighted by Crippen LogP contribution is -2.12. The van der Waals surface area contributed by atoms with E-state index >= 15 is 0 Å². The number of carbonyl (C=O) groups is 1. The van der Waals surface area contributed by atoms with Gasteiger partial charge >= 0.3 is 0 Å². The van der Waals surface area contributed by atoms with E-state index in [0.717, 1.165) is 5.56 Å². The number of aromatic nitrogens is 1. The molecule has 2 N–H and O–H groups in total. The highest BCUT2D eigenvalue weighted by Crippen LogP contribution is 2.11. The first-order chi connectivity index (χ1) is 9.19. The minimum atomic E-state index is -0.287. The predicted molar refractivity (Wildman–Crippen MR) is 69.6 cm³/mol. The van der Waals surface area contributed by atoms with Crippen LogP contribution >= 0.6 is 0 Å². The molecular weight excluding hydrogens is 244 g/mol. The average Bonchev–Trinajstić information content (AvgIpc) is 2.88. The fourth-order valence-electron chi connectivity index (χ4n) is 1.59. The average molecular weight is 256 g/mol. The van der Waals surface area contributed by atoms with Gasteiger partial charge in [-0.2, -0.15) is 0 Å². The van der Waals surface area contributed by atoms with Crippen molar-refractivity contribution in [3.63, 3.8) is 0 Å². The Balaban J connectivity index is 2.24. The number of nitrogens with one attached hydrogen (secondary N) is 1. The van der Waals surface area contributed by atoms with E-state index < -0.39 is 0 Å². The molecule has 1 aromatic carbocycles. The summed E-state index contributed by atoms with van der Waals surface area (Å²) in [5.74, 6) is 5.39. The van der Waals surface area contributed by atoms with E-state index in [9.17, 15) is 4.79 Å². The van der Waals surface area contributed by atoms with Gasteiger partial charge in [0.1, 0.15) is 12.9 Å². The number of aryl methyl sites for hydroxylation is 1. The van der Waals surface area contributed by atoms with Crippen molar-refractivity contribution >= 4 is 11.7 Å². The normalized spacial score (nSPS) is 9.58. The van der Waals surface area contributed by atoms with E-state index in [-0.39, 0.29) is 12.5 Å². The van der Waals surface area contributed by atoms with Crippen LogP contribution in [0.5, 0.6) is 0 Å². The number of hydrogen-bond donors (Lipinski definition) is 2. The minimum absolute atomic E-state index is 0.214. The van der Waals surface area contributed by atoms with Crippen molar-refractivity contribution in [2.45, 2.75) is 6.92 Å². The van der Waals surface area contributed by atoms with E-state index in [1.54, 1.807) is 18.2 Å². The fraction of sp³-hybridized carbons (Fsp3) is 0.143. The third kappa shape index (κ3) is 3.44. The van der Waals surface area contributed by atoms with Crippen LogP contribution in [0, 0.1) is 18.8 Å². The summed E-state index contributed by atoms with van der Waals surface area (Å²) >= 11 is 0. The van der Waals surface area contributed by atoms with Gasteiger partial charge in [0.2, 0.25) is 0 Å². The molecule has 0 fully saturated rings. The Labute approximate surface area is 110 Å². The molecule has 96 valence electrons. The van der Waals surface area contributed by atoms with Crippen LogP contribution in [-0.2, 0) is 0 Å². The highest BCUT2D eigenvalue weighted by Gasteiger charge is 2.09. The van der Waals surface area contributed by atoms with Crippen LogP contribution in [0.15, 0.2) is 35.1 Å². The Morgan fingerprint density at radius 2 is 2.32 bits per heavy atom. The Hall–Kier alpha value is -2.58. The Bertz CT molecular complexity index is 636. The molecule has 0 saturated heterocycles. The summed E-state index contributed by atoms with van der Waals surface area (Å²) in [4.78, 5) is 12.0. The topological polar surface area (TPSA) is 75.4 Å². The van der Waals surface area contributed by atoms with E-state index in [2.05, 4.69) is 26.8 Å². The number of anilines is 1. The second-order valence-corrected chi connectivity index (χ2v) is 3.89. The molecule has 0 bridgehead atoms. The summed E-state index contributed by atoms with van der Waals surface area (Å²) in [6.45, 7) is 1.66. The van der Waals surface area contributed by atoms with Crippen LogP contribution in [0.1, 0.15) is 21.5 Å². The molecule has 5 heteroatoms. The maximum absolute atomic E-state index is 12.0. The van der Waals surface area contributed by atoms with E-state index in [4.69, 9.17) is 5.11 Å². The summed E-state index contributed by atoms with van der Waals surface area (Å²) in [5.41, 5.74) is 2.07. The lowest BCUT2D eigenvalue weighted by Gasteiger charge is -2.04. The van der Waals surface area contributed by atoms with Gasteiger partial charge in [-0.3, -0.25) is 4.79 Å². The van der Waals surface area contributed by atoms with Gasteiger partial charge in [0, 0.05) is 17.2 Å². The zero-order chi connectivity index (χ0) is 13.7. The van der Waals surface area contributed by atoms with Crippen LogP contribution in [-0.4, -0.2) is 22.8 Å². The zero-order valence-corrected chi connectivity index (χ0v) is 10.3. The molecule has 1 amide bonds. The number of benzene rings is 1. The van der Waals surface area contributed by atoms with Crippen molar-refractivity contribution in [2.75, 3.05) is 11.9 Å². The number of amides is 1. The molecule has 1 aromatic heterocycles. The number of aliphatic hydroxyl groups is 1. The molecule has 19 heavy (non-hydrogen) atoms. The Morgan fingerprint density at radius 3 is 3.00 bits per heavy atom. The Kier molecular flexibility index (Phi) is 3.96. The van der Waals surface area contributed by atoms with Crippen molar-refractivity contribution < 1.29 is 14.4 Å². The summed E-state index contributed by atoms with van der Waals surface area (Å²) < 4.78 is 4.64. The molecule has 0 spiro atoms. The van der Waals surface area contributed by atoms with Gasteiger partial charge in [-0.05, 0) is 30.7 Å². The van der Waals surface area contributed by atoms with Crippen molar-refractivity contribution in [1.82, 2.24) is 5.16 Å². The summed E-state index contributed by atoms with van der Waals surface area (Å²) in [6.07, 6.45) is 1.38. The second kappa shape index (κ2) is 5.85. The fourth-order valence-corrected chi connectivity index (χ4v) is 1.59. The molecular formula is C14H12N2O3. The number of nitrogens with zero attached hydrogens (tertiary/aromatic N) is 1. The van der Waals surface area contributed by atoms with Crippen LogP contribution in [0.25, 0.3) is 0 Å². The number of hydrogen-bond acceptors (Lipinski definition) is 4. The summed E-state index contributed by atoms with van der Waals surface area (Å²) in [6, 6.07) is 6.81. The molecule has 0 radical (unpaired) electrons. The van der Waals surface area contributed by atoms with Crippen LogP contribution in [0.3, 0.4) is 0 Å². The largest absolute Gasteiger partial charge is 0.384 e. The first-order valence-electron chi connectivity index (χ1n) is 5.62. The van der Waals surface area contributed by atoms with Crippen LogP contribution in [0.4, 0.5) is 5.82 Å². The number of aliphatic hydroxyl groups excluding tert-OH is 1. The van der Waals surface area contributed by atoms with Gasteiger partial charge < -0.3 is 14.9 Å². The highest BCUT2D eigenvalue weighted by atomic mass is 16.5. The molecule has 0 atom stereocenters. The standard InChI is InChI=1S/C14H12N2O3/c1-10-7-11(3-2-5-17)9-12(8-10)14(18)15-13-4-6-19-16-13/h4,6-9,17H,5H2,1H3,(H,15,16,18). The van der Waals surface area contributed by atoms with Crippen molar-refractivity contribution in [3.8, 4) is 11.8 Å². The molecule has 0 saturated carbocycles. The van der Waals surface area contributed by atoms with Gasteiger partial charge in [0.05, 0.1) is 0 Å². The van der Waals surface area contributed by atoms with Gasteiger partial charge in [-0.1, -0.05) is 17.0 Å². The SMILES string of the molecule is Cc1cc(C#CCO)cc(C(=O)Nc2ccon2)c1. The molecule has 5 nitrogen and oxygen atoms in total. The summed E-state index contributed by atoms with van der Waals surface area (Å²) in [7, 11) is 0. The lowest BCUT2D eigenvalue weighted by atomic mass is 10.1. The van der Waals surface area contributed by atoms with E-state index in [0.29, 0.717) is 16.9 Å². The van der Waals surface area contributed by atoms with Gasteiger partial charge in [-0.15, -0.1) is 0 Å². The third-order valence-corrected chi connectivity index (χ3v) is 2.33. The number of rotatable bonds is 2. The highest BCUT2D eigenvalue weighted by molar-refractivity contribution is 6.04. The Morgan fingerprint density at radius 1 is 1.47 bits per heavy atom. The molecule has 2 aromatic rings. The van der Waals surface area contributed by atoms with Crippen molar-refractivity contribution in [2.24, 2.45) is 0 Å². The van der Waals surface area contributed by atoms with E-state index in [1.165, 1.54) is 6.26 Å². The predicted octanol–water partition coefficient (Wildman–Crippen LogP) is 1.58. The first-order valence-corrected chi connectivity index (χ1v) is 5.62. The minimum Gasteiger partial charge on any atom is -0.384 e. The smallest absolute Gasteiger partial charge is 0.256 e. The monoisotopic (exact) mass is 256 g/mol. The molecule has 0 aliphatic rings. The van der Waals surface area contributed by atoms with Crippen LogP contribution < -0.4 is 5.32 Å². The summed E-state index contributed by atoms with van der Waals surface area (Å²) in [5, 5.41) is 14.9. The molecule has 2 rings (SSSR count). The van der Waals surface area contributed by atoms with Crippen molar-refractivity contribution in [3.05, 3.63) is 47.2 Å². The van der Waals surface area contributed by atoms with Crippen LogP contribution in [0.2, 0.25) is 0 Å². The lowest BCUT2D eigenvalue weighted by molar-refractivity contribution is 0.102. The molecule has 0 aliphatic carbocycles. The van der Waals surface area contributed by atoms with Gasteiger partial charge in [0.25, 0.3) is 5.91 Å². The second-order valence-electron chi connectivity index (χ2n) is 3.89. The van der Waals surface area contributed by atoms with Gasteiger partial charge in [-0.25, -0.2) is 0 Å². The first kappa shape index (κ1) is 12.9. The number of carbonyl (C=O) groups excluding carboxylic acids is 1.